The molecule has 0 unspecified atom stereocenters. The van der Waals surface area contributed by atoms with Gasteiger partial charge in [0, 0.05) is 0 Å². The van der Waals surface area contributed by atoms with Crippen molar-refractivity contribution < 1.29 is 13.7 Å². The molecule has 0 aliphatic rings. The van der Waals surface area contributed by atoms with Crippen molar-refractivity contribution in [1.82, 2.24) is 0 Å². The Morgan fingerprint density at radius 3 is 0.500 bits per heavy atom. The molecule has 6 aromatic rings. The van der Waals surface area contributed by atoms with E-state index in [0.717, 1.165) is 0 Å². The van der Waals surface area contributed by atoms with Crippen molar-refractivity contribution in [1.29, 1.82) is 0 Å². The molecule has 0 aromatic heterocycles. The summed E-state index contributed by atoms with van der Waals surface area (Å²) >= 11 is -1.57. The number of halogens is 3. The second-order valence-electron chi connectivity index (χ2n) is 9.08. The summed E-state index contributed by atoms with van der Waals surface area (Å²) < 4.78 is 0. The molecule has 0 saturated carbocycles. The third-order valence-corrected chi connectivity index (χ3v) is 11.8. The van der Waals surface area contributed by atoms with E-state index in [9.17, 15) is 0 Å². The van der Waals surface area contributed by atoms with E-state index in [2.05, 4.69) is 182 Å². The van der Waals surface area contributed by atoms with Gasteiger partial charge in [0.2, 0.25) is 0 Å². The molecule has 0 radical (unpaired) electrons. The average molecular weight is 739 g/mol. The fourth-order valence-electron chi connectivity index (χ4n) is 4.63. The van der Waals surface area contributed by atoms with Gasteiger partial charge in [-0.15, -0.1) is 0 Å². The zero-order chi connectivity index (χ0) is 29.4. The van der Waals surface area contributed by atoms with Crippen LogP contribution in [0, 0.1) is 0 Å². The molecule has 0 amide bonds. The van der Waals surface area contributed by atoms with Gasteiger partial charge in [-0.05, 0) is 72.8 Å². The maximum atomic E-state index is 4.92. The topological polar surface area (TPSA) is 0 Å². The SMILES string of the molecule is [Cl][Pd]([Cl])[Cl].c1ccc([PH+](c2ccccc2)c2ccccc2)cc1.c1ccc([PH+](c2ccccc2)c2ccccc2)cc1. The smallest absolute Gasteiger partial charge is 0.0620 e. The van der Waals surface area contributed by atoms with Crippen molar-refractivity contribution in [3.8, 4) is 0 Å². The molecular formula is C36H32Cl3P2Pd+2. The van der Waals surface area contributed by atoms with Gasteiger partial charge in [-0.1, -0.05) is 109 Å². The molecule has 6 rings (SSSR count). The van der Waals surface area contributed by atoms with E-state index in [0.29, 0.717) is 0 Å². The van der Waals surface area contributed by atoms with E-state index >= 15 is 0 Å². The zero-order valence-electron chi connectivity index (χ0n) is 22.8. The van der Waals surface area contributed by atoms with Crippen molar-refractivity contribution in [3.63, 3.8) is 0 Å². The summed E-state index contributed by atoms with van der Waals surface area (Å²) in [5.41, 5.74) is 0. The van der Waals surface area contributed by atoms with E-state index in [4.69, 9.17) is 28.6 Å². The molecule has 215 valence electrons. The van der Waals surface area contributed by atoms with Crippen LogP contribution in [0.2, 0.25) is 0 Å². The van der Waals surface area contributed by atoms with Crippen LogP contribution in [0.4, 0.5) is 0 Å². The molecule has 0 atom stereocenters. The van der Waals surface area contributed by atoms with Crippen LogP contribution in [0.15, 0.2) is 182 Å². The molecule has 0 bridgehead atoms. The molecule has 42 heavy (non-hydrogen) atoms. The molecule has 6 aromatic carbocycles. The predicted octanol–water partition coefficient (Wildman–Crippen LogP) is 8.42. The van der Waals surface area contributed by atoms with Crippen LogP contribution in [-0.2, 0) is 13.7 Å². The minimum Gasteiger partial charge on any atom is -0.0620 e. The molecule has 0 aliphatic carbocycles. The average Bonchev–Trinajstić information content (AvgIpc) is 3.05. The monoisotopic (exact) mass is 737 g/mol. The normalized spacial score (nSPS) is 10.6. The van der Waals surface area contributed by atoms with Gasteiger partial charge < -0.3 is 0 Å². The molecule has 0 N–H and O–H groups in total. The molecule has 0 aliphatic heterocycles. The van der Waals surface area contributed by atoms with Gasteiger partial charge in [0.05, 0.1) is 15.8 Å². The summed E-state index contributed by atoms with van der Waals surface area (Å²) in [6, 6.07) is 65.0. The molecule has 0 saturated heterocycles. The first-order valence-electron chi connectivity index (χ1n) is 13.3. The summed E-state index contributed by atoms with van der Waals surface area (Å²) in [7, 11) is 13.0. The fraction of sp³-hybridized carbons (Fsp3) is 0. The standard InChI is InChI=1S/2C18H15P.3ClH.Pd/c2*1-4-10-16(11-5-1)19(17-12-6-2-7-13-17)18-14-8-3-9-15-18;;;;/h2*1-15H;3*1H;/q;;;;;+3/p-1. The van der Waals surface area contributed by atoms with Gasteiger partial charge in [0.15, 0.2) is 0 Å². The van der Waals surface area contributed by atoms with Gasteiger partial charge >= 0.3 is 42.3 Å². The summed E-state index contributed by atoms with van der Waals surface area (Å²) in [5, 5.41) is 8.61. The minimum absolute atomic E-state index is 0.877. The first kappa shape index (κ1) is 32.6. The van der Waals surface area contributed by atoms with E-state index < -0.39 is 29.5 Å². The van der Waals surface area contributed by atoms with E-state index in [1.165, 1.54) is 31.8 Å². The van der Waals surface area contributed by atoms with Crippen LogP contribution in [0.3, 0.4) is 0 Å². The van der Waals surface area contributed by atoms with Crippen molar-refractivity contribution in [2.75, 3.05) is 0 Å². The van der Waals surface area contributed by atoms with Crippen LogP contribution >= 0.6 is 44.4 Å². The Morgan fingerprint density at radius 2 is 0.381 bits per heavy atom. The maximum absolute atomic E-state index is 4.92. The van der Waals surface area contributed by atoms with E-state index in [1.54, 1.807) is 0 Å². The van der Waals surface area contributed by atoms with Gasteiger partial charge in [0.1, 0.15) is 31.8 Å². The van der Waals surface area contributed by atoms with Crippen molar-refractivity contribution in [2.24, 2.45) is 0 Å². The molecule has 0 heterocycles. The van der Waals surface area contributed by atoms with Crippen LogP contribution < -0.4 is 31.8 Å². The number of hydrogen-bond acceptors (Lipinski definition) is 0. The van der Waals surface area contributed by atoms with E-state index in [1.807, 2.05) is 0 Å². The maximum Gasteiger partial charge on any atom is 0.102 e. The van der Waals surface area contributed by atoms with Gasteiger partial charge in [0.25, 0.3) is 0 Å². The first-order valence-corrected chi connectivity index (χ1v) is 22.3. The summed E-state index contributed by atoms with van der Waals surface area (Å²) in [4.78, 5) is 0. The Labute approximate surface area is 270 Å². The van der Waals surface area contributed by atoms with Gasteiger partial charge in [-0.25, -0.2) is 0 Å². The third kappa shape index (κ3) is 10.5. The summed E-state index contributed by atoms with van der Waals surface area (Å²) in [5.74, 6) is 0. The van der Waals surface area contributed by atoms with Crippen molar-refractivity contribution in [3.05, 3.63) is 182 Å². The van der Waals surface area contributed by atoms with Crippen molar-refractivity contribution >= 4 is 76.3 Å². The zero-order valence-corrected chi connectivity index (χ0v) is 28.6. The Hall–Kier alpha value is -2.29. The first-order chi connectivity index (χ1) is 20.6. The second-order valence-corrected chi connectivity index (χ2v) is 21.1. The van der Waals surface area contributed by atoms with Crippen LogP contribution in [0.1, 0.15) is 0 Å². The molecule has 0 spiro atoms. The number of benzene rings is 6. The number of rotatable bonds is 6. The van der Waals surface area contributed by atoms with Crippen LogP contribution in [0.5, 0.6) is 0 Å². The fourth-order valence-corrected chi connectivity index (χ4v) is 9.78. The summed E-state index contributed by atoms with van der Waals surface area (Å²) in [6.45, 7) is 0. The Balaban J connectivity index is 0.000000171. The van der Waals surface area contributed by atoms with Gasteiger partial charge in [-0.3, -0.25) is 0 Å². The molecule has 6 heteroatoms. The second kappa shape index (κ2) is 18.4. The van der Waals surface area contributed by atoms with Crippen LogP contribution in [-0.4, -0.2) is 0 Å². The molecule has 0 nitrogen and oxygen atoms in total. The van der Waals surface area contributed by atoms with E-state index in [-0.39, 0.29) is 0 Å². The van der Waals surface area contributed by atoms with Crippen molar-refractivity contribution in [2.45, 2.75) is 0 Å². The van der Waals surface area contributed by atoms with Gasteiger partial charge in [-0.2, -0.15) is 0 Å². The quantitative estimate of drug-likeness (QED) is 0.119. The number of hydrogen-bond donors (Lipinski definition) is 0. The minimum atomic E-state index is -1.57. The Morgan fingerprint density at radius 1 is 0.262 bits per heavy atom. The Bertz CT molecular complexity index is 1230. The summed E-state index contributed by atoms with van der Waals surface area (Å²) in [6.07, 6.45) is 0. The molecule has 0 fully saturated rings. The Kier molecular flexibility index (Phi) is 14.3. The molecular weight excluding hydrogens is 707 g/mol. The van der Waals surface area contributed by atoms with Crippen LogP contribution in [0.25, 0.3) is 0 Å². The third-order valence-electron chi connectivity index (χ3n) is 6.37. The predicted molar refractivity (Wildman–Crippen MR) is 191 cm³/mol. The largest absolute Gasteiger partial charge is 0.102 e.